The molecule has 0 atom stereocenters. The summed E-state index contributed by atoms with van der Waals surface area (Å²) in [6, 6.07) is 8.40. The molecule has 3 nitrogen and oxygen atoms in total. The molecule has 1 aliphatic rings. The fourth-order valence-corrected chi connectivity index (χ4v) is 2.49. The van der Waals surface area contributed by atoms with Crippen molar-refractivity contribution in [1.82, 2.24) is 5.32 Å². The number of carbonyl (C=O) groups excluding carboxylic acids is 1. The van der Waals surface area contributed by atoms with Crippen LogP contribution in [0.2, 0.25) is 0 Å². The fraction of sp³-hybridized carbons (Fsp3) is 0.533. The van der Waals surface area contributed by atoms with Crippen molar-refractivity contribution in [3.05, 3.63) is 29.8 Å². The molecule has 3 heteroatoms. The van der Waals surface area contributed by atoms with Crippen molar-refractivity contribution in [2.24, 2.45) is 0 Å². The van der Waals surface area contributed by atoms with Crippen LogP contribution in [0.4, 0.5) is 0 Å². The molecule has 2 rings (SSSR count). The van der Waals surface area contributed by atoms with Gasteiger partial charge in [0.1, 0.15) is 12.4 Å². The second-order valence-electron chi connectivity index (χ2n) is 4.88. The summed E-state index contributed by atoms with van der Waals surface area (Å²) in [5, 5.41) is 2.71. The molecule has 0 heterocycles. The van der Waals surface area contributed by atoms with Gasteiger partial charge in [0, 0.05) is 6.92 Å². The largest absolute Gasteiger partial charge is 0.492 e. The van der Waals surface area contributed by atoms with E-state index in [-0.39, 0.29) is 5.91 Å². The van der Waals surface area contributed by atoms with Gasteiger partial charge in [0.2, 0.25) is 5.91 Å². The van der Waals surface area contributed by atoms with Crippen molar-refractivity contribution in [3.63, 3.8) is 0 Å². The molecule has 0 aliphatic heterocycles. The lowest BCUT2D eigenvalue weighted by Gasteiger charge is -2.11. The van der Waals surface area contributed by atoms with E-state index in [2.05, 4.69) is 17.4 Å². The van der Waals surface area contributed by atoms with E-state index in [1.165, 1.54) is 38.2 Å². The van der Waals surface area contributed by atoms with Crippen LogP contribution in [0.5, 0.6) is 5.75 Å². The minimum absolute atomic E-state index is 0.0184. The Morgan fingerprint density at radius 2 is 1.94 bits per heavy atom. The minimum atomic E-state index is -0.0184. The first-order chi connectivity index (χ1) is 8.75. The summed E-state index contributed by atoms with van der Waals surface area (Å²) < 4.78 is 5.56. The van der Waals surface area contributed by atoms with Gasteiger partial charge >= 0.3 is 0 Å². The first-order valence-electron chi connectivity index (χ1n) is 6.73. The lowest BCUT2D eigenvalue weighted by molar-refractivity contribution is -0.119. The Morgan fingerprint density at radius 1 is 1.28 bits per heavy atom. The molecule has 18 heavy (non-hydrogen) atoms. The van der Waals surface area contributed by atoms with Gasteiger partial charge in [-0.05, 0) is 36.5 Å². The van der Waals surface area contributed by atoms with E-state index in [4.69, 9.17) is 4.74 Å². The van der Waals surface area contributed by atoms with Crippen LogP contribution in [-0.2, 0) is 4.79 Å². The number of hydrogen-bond acceptors (Lipinski definition) is 2. The Balaban J connectivity index is 1.78. The van der Waals surface area contributed by atoms with Gasteiger partial charge in [0.25, 0.3) is 0 Å². The second-order valence-corrected chi connectivity index (χ2v) is 4.88. The maximum Gasteiger partial charge on any atom is 0.216 e. The average molecular weight is 247 g/mol. The quantitative estimate of drug-likeness (QED) is 0.812. The van der Waals surface area contributed by atoms with Gasteiger partial charge in [0.15, 0.2) is 0 Å². The monoisotopic (exact) mass is 247 g/mol. The molecule has 1 saturated carbocycles. The van der Waals surface area contributed by atoms with Crippen LogP contribution < -0.4 is 10.1 Å². The van der Waals surface area contributed by atoms with Crippen molar-refractivity contribution in [3.8, 4) is 5.75 Å². The van der Waals surface area contributed by atoms with E-state index in [1.807, 2.05) is 12.1 Å². The zero-order valence-corrected chi connectivity index (χ0v) is 10.9. The Bertz CT molecular complexity index is 380. The third-order valence-corrected chi connectivity index (χ3v) is 3.45. The van der Waals surface area contributed by atoms with Crippen LogP contribution >= 0.6 is 0 Å². The van der Waals surface area contributed by atoms with Gasteiger partial charge in [-0.3, -0.25) is 4.79 Å². The topological polar surface area (TPSA) is 38.3 Å². The number of carbonyl (C=O) groups is 1. The first kappa shape index (κ1) is 12.9. The number of ether oxygens (including phenoxy) is 1. The maximum absolute atomic E-state index is 10.7. The molecule has 1 N–H and O–H groups in total. The summed E-state index contributed by atoms with van der Waals surface area (Å²) in [4.78, 5) is 10.7. The first-order valence-corrected chi connectivity index (χ1v) is 6.73. The van der Waals surface area contributed by atoms with Gasteiger partial charge in [-0.25, -0.2) is 0 Å². The summed E-state index contributed by atoms with van der Waals surface area (Å²) in [7, 11) is 0. The van der Waals surface area contributed by atoms with Crippen LogP contribution in [0.3, 0.4) is 0 Å². The standard InChI is InChI=1S/C15H21NO2/c1-12(17)16-10-11-18-15-8-6-14(7-9-15)13-4-2-3-5-13/h6-9,13H,2-5,10-11H2,1H3,(H,16,17). The molecule has 0 unspecified atom stereocenters. The zero-order valence-electron chi connectivity index (χ0n) is 10.9. The highest BCUT2D eigenvalue weighted by atomic mass is 16.5. The second kappa shape index (κ2) is 6.43. The highest BCUT2D eigenvalue weighted by Gasteiger charge is 2.16. The molecule has 0 saturated heterocycles. The third kappa shape index (κ3) is 3.76. The molecule has 0 aromatic heterocycles. The Kier molecular flexibility index (Phi) is 4.62. The van der Waals surface area contributed by atoms with Crippen molar-refractivity contribution >= 4 is 5.91 Å². The fourth-order valence-electron chi connectivity index (χ4n) is 2.49. The third-order valence-electron chi connectivity index (χ3n) is 3.45. The van der Waals surface area contributed by atoms with Crippen LogP contribution in [0.1, 0.15) is 44.1 Å². The van der Waals surface area contributed by atoms with Gasteiger partial charge in [-0.1, -0.05) is 25.0 Å². The number of amides is 1. The van der Waals surface area contributed by atoms with Crippen molar-refractivity contribution < 1.29 is 9.53 Å². The number of benzene rings is 1. The zero-order chi connectivity index (χ0) is 12.8. The summed E-state index contributed by atoms with van der Waals surface area (Å²) in [5.41, 5.74) is 1.43. The van der Waals surface area contributed by atoms with Gasteiger partial charge in [-0.2, -0.15) is 0 Å². The molecule has 1 aliphatic carbocycles. The SMILES string of the molecule is CC(=O)NCCOc1ccc(C2CCCC2)cc1. The number of hydrogen-bond donors (Lipinski definition) is 1. The van der Waals surface area contributed by atoms with E-state index in [9.17, 15) is 4.79 Å². The van der Waals surface area contributed by atoms with Crippen LogP contribution in [0.15, 0.2) is 24.3 Å². The highest BCUT2D eigenvalue weighted by molar-refractivity contribution is 5.72. The van der Waals surface area contributed by atoms with E-state index in [0.29, 0.717) is 13.2 Å². The maximum atomic E-state index is 10.7. The molecule has 1 aromatic carbocycles. The molecular weight excluding hydrogens is 226 g/mol. The predicted octanol–water partition coefficient (Wildman–Crippen LogP) is 2.86. The highest BCUT2D eigenvalue weighted by Crippen LogP contribution is 2.34. The summed E-state index contributed by atoms with van der Waals surface area (Å²) in [6.45, 7) is 2.58. The van der Waals surface area contributed by atoms with E-state index in [0.717, 1.165) is 11.7 Å². The number of nitrogens with one attached hydrogen (secondary N) is 1. The van der Waals surface area contributed by atoms with Crippen LogP contribution in [0.25, 0.3) is 0 Å². The van der Waals surface area contributed by atoms with Gasteiger partial charge < -0.3 is 10.1 Å². The molecule has 98 valence electrons. The molecule has 0 spiro atoms. The summed E-state index contributed by atoms with van der Waals surface area (Å²) in [6.07, 6.45) is 5.37. The molecule has 0 bridgehead atoms. The Hall–Kier alpha value is -1.51. The van der Waals surface area contributed by atoms with Crippen molar-refractivity contribution in [1.29, 1.82) is 0 Å². The van der Waals surface area contributed by atoms with E-state index >= 15 is 0 Å². The normalized spacial score (nSPS) is 15.6. The lowest BCUT2D eigenvalue weighted by Crippen LogP contribution is -2.25. The van der Waals surface area contributed by atoms with Crippen LogP contribution in [0, 0.1) is 0 Å². The Labute approximate surface area is 109 Å². The predicted molar refractivity (Wildman–Crippen MR) is 71.8 cm³/mol. The van der Waals surface area contributed by atoms with E-state index in [1.54, 1.807) is 0 Å². The number of rotatable bonds is 5. The summed E-state index contributed by atoms with van der Waals surface area (Å²) >= 11 is 0. The molecule has 1 aromatic rings. The molecule has 1 fully saturated rings. The van der Waals surface area contributed by atoms with Gasteiger partial charge in [0.05, 0.1) is 6.54 Å². The van der Waals surface area contributed by atoms with E-state index < -0.39 is 0 Å². The van der Waals surface area contributed by atoms with Crippen molar-refractivity contribution in [2.45, 2.75) is 38.5 Å². The summed E-state index contributed by atoms with van der Waals surface area (Å²) in [5.74, 6) is 1.61. The van der Waals surface area contributed by atoms with Gasteiger partial charge in [-0.15, -0.1) is 0 Å². The minimum Gasteiger partial charge on any atom is -0.492 e. The van der Waals surface area contributed by atoms with Crippen molar-refractivity contribution in [2.75, 3.05) is 13.2 Å². The lowest BCUT2D eigenvalue weighted by atomic mass is 9.98. The molecular formula is C15H21NO2. The van der Waals surface area contributed by atoms with Crippen LogP contribution in [-0.4, -0.2) is 19.1 Å². The Morgan fingerprint density at radius 3 is 2.56 bits per heavy atom. The molecule has 0 radical (unpaired) electrons. The average Bonchev–Trinajstić information content (AvgIpc) is 2.89. The molecule has 1 amide bonds. The smallest absolute Gasteiger partial charge is 0.216 e.